The van der Waals surface area contributed by atoms with Gasteiger partial charge in [0.15, 0.2) is 17.5 Å². The predicted octanol–water partition coefficient (Wildman–Crippen LogP) is 8.66. The van der Waals surface area contributed by atoms with Gasteiger partial charge >= 0.3 is 0 Å². The van der Waals surface area contributed by atoms with E-state index in [-0.39, 0.29) is 0 Å². The van der Waals surface area contributed by atoms with Crippen LogP contribution in [-0.2, 0) is 0 Å². The van der Waals surface area contributed by atoms with Crippen LogP contribution in [0.1, 0.15) is 0 Å². The van der Waals surface area contributed by atoms with E-state index in [1.54, 1.807) is 6.20 Å². The lowest BCUT2D eigenvalue weighted by atomic mass is 9.99. The molecule has 0 saturated carbocycles. The number of pyridine rings is 2. The van der Waals surface area contributed by atoms with Gasteiger partial charge in [-0.25, -0.2) is 19.9 Å². The fourth-order valence-electron chi connectivity index (χ4n) is 4.87. The first-order chi connectivity index (χ1) is 20.8. The number of rotatable bonds is 6. The van der Waals surface area contributed by atoms with Gasteiger partial charge in [0.25, 0.3) is 0 Å². The molecule has 0 saturated heterocycles. The third-order valence-corrected chi connectivity index (χ3v) is 7.03. The monoisotopic (exact) mass is 539 g/mol. The van der Waals surface area contributed by atoms with Crippen LogP contribution >= 0.6 is 0 Å². The maximum absolute atomic E-state index is 4.97. The highest BCUT2D eigenvalue weighted by Crippen LogP contribution is 2.31. The minimum Gasteiger partial charge on any atom is -0.264 e. The molecule has 3 heterocycles. The molecule has 5 heteroatoms. The molecule has 0 spiro atoms. The summed E-state index contributed by atoms with van der Waals surface area (Å²) in [5.41, 5.74) is 8.78. The fraction of sp³-hybridized carbons (Fsp3) is 0. The molecule has 0 aliphatic rings. The summed E-state index contributed by atoms with van der Waals surface area (Å²) in [5, 5.41) is 0. The predicted molar refractivity (Wildman–Crippen MR) is 168 cm³/mol. The third kappa shape index (κ3) is 5.31. The first-order valence-corrected chi connectivity index (χ1v) is 13.8. The van der Waals surface area contributed by atoms with E-state index in [0.717, 1.165) is 50.3 Å². The molecular formula is C37H25N5. The summed E-state index contributed by atoms with van der Waals surface area (Å²) in [6.45, 7) is 0. The molecule has 7 rings (SSSR count). The SMILES string of the molecule is c1ccc(-c2cc(-c3ccc(-c4nc(-c5ccccc5)nc(-c5ccccc5)n4)cc3)cc(-c3cccnc3)n2)cc1. The van der Waals surface area contributed by atoms with Crippen molar-refractivity contribution in [2.24, 2.45) is 0 Å². The summed E-state index contributed by atoms with van der Waals surface area (Å²) < 4.78 is 0. The lowest BCUT2D eigenvalue weighted by Gasteiger charge is -2.11. The van der Waals surface area contributed by atoms with Gasteiger partial charge < -0.3 is 0 Å². The van der Waals surface area contributed by atoms with Crippen molar-refractivity contribution in [2.75, 3.05) is 0 Å². The molecular weight excluding hydrogens is 514 g/mol. The number of hydrogen-bond acceptors (Lipinski definition) is 5. The first-order valence-electron chi connectivity index (χ1n) is 13.8. The van der Waals surface area contributed by atoms with Crippen LogP contribution in [0.25, 0.3) is 67.8 Å². The van der Waals surface area contributed by atoms with Gasteiger partial charge in [-0.2, -0.15) is 0 Å². The highest BCUT2D eigenvalue weighted by Gasteiger charge is 2.13. The Bertz CT molecular complexity index is 1680. The Morgan fingerprint density at radius 1 is 0.310 bits per heavy atom. The molecule has 7 aromatic rings. The quantitative estimate of drug-likeness (QED) is 0.212. The van der Waals surface area contributed by atoms with Gasteiger partial charge in [0.05, 0.1) is 11.4 Å². The van der Waals surface area contributed by atoms with Gasteiger partial charge in [0.1, 0.15) is 0 Å². The lowest BCUT2D eigenvalue weighted by Crippen LogP contribution is -2.00. The van der Waals surface area contributed by atoms with Crippen molar-refractivity contribution < 1.29 is 0 Å². The summed E-state index contributed by atoms with van der Waals surface area (Å²) in [7, 11) is 0. The van der Waals surface area contributed by atoms with E-state index >= 15 is 0 Å². The van der Waals surface area contributed by atoms with Gasteiger partial charge in [-0.15, -0.1) is 0 Å². The second-order valence-corrected chi connectivity index (χ2v) is 9.85. The van der Waals surface area contributed by atoms with E-state index < -0.39 is 0 Å². The average molecular weight is 540 g/mol. The van der Waals surface area contributed by atoms with Gasteiger partial charge in [-0.3, -0.25) is 4.98 Å². The van der Waals surface area contributed by atoms with Crippen molar-refractivity contribution in [2.45, 2.75) is 0 Å². The average Bonchev–Trinajstić information content (AvgIpc) is 3.09. The van der Waals surface area contributed by atoms with Crippen LogP contribution in [-0.4, -0.2) is 24.9 Å². The lowest BCUT2D eigenvalue weighted by molar-refractivity contribution is 1.07. The zero-order chi connectivity index (χ0) is 28.1. The Balaban J connectivity index is 1.31. The summed E-state index contributed by atoms with van der Waals surface area (Å²) in [6.07, 6.45) is 3.62. The van der Waals surface area contributed by atoms with Crippen molar-refractivity contribution in [3.05, 3.63) is 152 Å². The summed E-state index contributed by atoms with van der Waals surface area (Å²) in [6, 6.07) is 46.9. The molecule has 0 N–H and O–H groups in total. The molecule has 0 amide bonds. The summed E-state index contributed by atoms with van der Waals surface area (Å²) >= 11 is 0. The van der Waals surface area contributed by atoms with E-state index in [1.165, 1.54) is 0 Å². The molecule has 5 nitrogen and oxygen atoms in total. The van der Waals surface area contributed by atoms with E-state index in [0.29, 0.717) is 17.5 Å². The van der Waals surface area contributed by atoms with Crippen LogP contribution in [0.3, 0.4) is 0 Å². The van der Waals surface area contributed by atoms with E-state index in [9.17, 15) is 0 Å². The van der Waals surface area contributed by atoms with Gasteiger partial charge in [0.2, 0.25) is 0 Å². The molecule has 0 aliphatic heterocycles. The van der Waals surface area contributed by atoms with Gasteiger partial charge in [-0.1, -0.05) is 115 Å². The van der Waals surface area contributed by atoms with Crippen LogP contribution in [0.5, 0.6) is 0 Å². The standard InChI is InChI=1S/C37H25N5/c1-4-11-27(12-5-1)33-23-32(24-34(39-33)31-17-10-22-38-25-31)26-18-20-30(21-19-26)37-41-35(28-13-6-2-7-14-28)40-36(42-37)29-15-8-3-9-16-29/h1-25H. The maximum Gasteiger partial charge on any atom is 0.164 e. The Morgan fingerprint density at radius 3 is 1.24 bits per heavy atom. The smallest absolute Gasteiger partial charge is 0.164 e. The molecule has 0 bridgehead atoms. The Kier molecular flexibility index (Phi) is 6.81. The fourth-order valence-corrected chi connectivity index (χ4v) is 4.87. The number of nitrogens with zero attached hydrogens (tertiary/aromatic N) is 5. The van der Waals surface area contributed by atoms with Crippen LogP contribution in [0.4, 0.5) is 0 Å². The van der Waals surface area contributed by atoms with Crippen LogP contribution < -0.4 is 0 Å². The molecule has 0 aliphatic carbocycles. The topological polar surface area (TPSA) is 64.5 Å². The van der Waals surface area contributed by atoms with Crippen molar-refractivity contribution in [3.8, 4) is 67.8 Å². The number of aromatic nitrogens is 5. The van der Waals surface area contributed by atoms with Crippen molar-refractivity contribution in [3.63, 3.8) is 0 Å². The largest absolute Gasteiger partial charge is 0.264 e. The Labute approximate surface area is 244 Å². The summed E-state index contributed by atoms with van der Waals surface area (Å²) in [5.74, 6) is 1.92. The number of benzene rings is 4. The highest BCUT2D eigenvalue weighted by molar-refractivity contribution is 5.77. The zero-order valence-electron chi connectivity index (χ0n) is 22.7. The second kappa shape index (κ2) is 11.4. The first kappa shape index (κ1) is 25.2. The van der Waals surface area contributed by atoms with Crippen LogP contribution in [0.15, 0.2) is 152 Å². The third-order valence-electron chi connectivity index (χ3n) is 7.03. The van der Waals surface area contributed by atoms with Crippen molar-refractivity contribution in [1.82, 2.24) is 24.9 Å². The van der Waals surface area contributed by atoms with Crippen LogP contribution in [0.2, 0.25) is 0 Å². The van der Waals surface area contributed by atoms with Gasteiger partial charge in [-0.05, 0) is 35.4 Å². The minimum atomic E-state index is 0.630. The summed E-state index contributed by atoms with van der Waals surface area (Å²) in [4.78, 5) is 23.8. The van der Waals surface area contributed by atoms with E-state index in [4.69, 9.17) is 19.9 Å². The molecule has 0 atom stereocenters. The highest BCUT2D eigenvalue weighted by atomic mass is 15.0. The Morgan fingerprint density at radius 2 is 0.738 bits per heavy atom. The molecule has 198 valence electrons. The minimum absolute atomic E-state index is 0.630. The van der Waals surface area contributed by atoms with Crippen LogP contribution in [0, 0.1) is 0 Å². The zero-order valence-corrected chi connectivity index (χ0v) is 22.7. The van der Waals surface area contributed by atoms with Gasteiger partial charge in [0, 0.05) is 40.2 Å². The molecule has 0 unspecified atom stereocenters. The Hall–Kier alpha value is -5.81. The number of hydrogen-bond donors (Lipinski definition) is 0. The molecule has 0 radical (unpaired) electrons. The molecule has 4 aromatic carbocycles. The molecule has 42 heavy (non-hydrogen) atoms. The maximum atomic E-state index is 4.97. The van der Waals surface area contributed by atoms with Crippen molar-refractivity contribution >= 4 is 0 Å². The van der Waals surface area contributed by atoms with Crippen molar-refractivity contribution in [1.29, 1.82) is 0 Å². The second-order valence-electron chi connectivity index (χ2n) is 9.85. The molecule has 0 fully saturated rings. The molecule has 3 aromatic heterocycles. The van der Waals surface area contributed by atoms with E-state index in [2.05, 4.69) is 53.5 Å². The normalized spacial score (nSPS) is 10.9. The van der Waals surface area contributed by atoms with E-state index in [1.807, 2.05) is 97.2 Å².